The van der Waals surface area contributed by atoms with Crippen LogP contribution >= 0.6 is 8.60 Å². The largest absolute Gasteiger partial charge is 0.460 e. The quantitative estimate of drug-likeness (QED) is 0.605. The monoisotopic (exact) mass is 170 g/mol. The topological polar surface area (TPSA) is 38.7 Å². The highest BCUT2D eigenvalue weighted by Gasteiger charge is 2.25. The number of aryl methyl sites for hydroxylation is 1. The minimum absolute atomic E-state index is 0.638. The maximum absolute atomic E-state index is 9.00. The van der Waals surface area contributed by atoms with E-state index in [2.05, 4.69) is 0 Å². The molecule has 0 fully saturated rings. The van der Waals surface area contributed by atoms with Gasteiger partial charge in [0.05, 0.1) is 0 Å². The first kappa shape index (κ1) is 6.89. The van der Waals surface area contributed by atoms with Crippen LogP contribution in [0.4, 0.5) is 0 Å². The molecule has 0 aliphatic carbocycles. The van der Waals surface area contributed by atoms with Gasteiger partial charge >= 0.3 is 8.60 Å². The average Bonchev–Trinajstić information content (AvgIpc) is 2.31. The van der Waals surface area contributed by atoms with Gasteiger partial charge in [-0.25, -0.2) is 0 Å². The van der Waals surface area contributed by atoms with Crippen LogP contribution in [0.25, 0.3) is 0 Å². The number of rotatable bonds is 0. The zero-order chi connectivity index (χ0) is 7.84. The maximum atomic E-state index is 9.00. The van der Waals surface area contributed by atoms with E-state index in [1.54, 1.807) is 6.07 Å². The van der Waals surface area contributed by atoms with Crippen molar-refractivity contribution in [2.75, 3.05) is 0 Å². The molecule has 11 heavy (non-hydrogen) atoms. The summed E-state index contributed by atoms with van der Waals surface area (Å²) in [5.74, 6) is 1.31. The minimum atomic E-state index is -1.71. The second kappa shape index (κ2) is 2.36. The maximum Gasteiger partial charge on any atom is 0.460 e. The summed E-state index contributed by atoms with van der Waals surface area (Å²) in [4.78, 5) is 9.00. The van der Waals surface area contributed by atoms with Crippen LogP contribution in [0.5, 0.6) is 11.5 Å². The minimum Gasteiger partial charge on any atom is -0.414 e. The first-order valence-corrected chi connectivity index (χ1v) is 4.35. The molecule has 1 heterocycles. The summed E-state index contributed by atoms with van der Waals surface area (Å²) in [7, 11) is -1.71. The molecule has 1 aromatic rings. The van der Waals surface area contributed by atoms with Crippen molar-refractivity contribution in [2.24, 2.45) is 0 Å². The van der Waals surface area contributed by atoms with Gasteiger partial charge in [-0.15, -0.1) is 0 Å². The molecule has 0 spiro atoms. The molecular weight excluding hydrogens is 163 g/mol. The van der Waals surface area contributed by atoms with Gasteiger partial charge in [-0.05, 0) is 18.6 Å². The predicted molar refractivity (Wildman–Crippen MR) is 41.6 cm³/mol. The Kier molecular flexibility index (Phi) is 1.48. The number of para-hydroxylation sites is 1. The van der Waals surface area contributed by atoms with Crippen LogP contribution in [0.3, 0.4) is 0 Å². The molecule has 0 saturated carbocycles. The molecule has 1 aliphatic heterocycles. The number of hydrogen-bond acceptors (Lipinski definition) is 3. The molecule has 2 rings (SSSR count). The number of benzene rings is 1. The Morgan fingerprint density at radius 3 is 2.91 bits per heavy atom. The first-order chi connectivity index (χ1) is 5.27. The highest BCUT2D eigenvalue weighted by atomic mass is 31.2. The zero-order valence-electron chi connectivity index (χ0n) is 5.94. The van der Waals surface area contributed by atoms with Crippen molar-refractivity contribution in [1.82, 2.24) is 0 Å². The van der Waals surface area contributed by atoms with E-state index in [0.29, 0.717) is 11.5 Å². The molecule has 4 heteroatoms. The van der Waals surface area contributed by atoms with E-state index in [1.165, 1.54) is 0 Å². The molecule has 58 valence electrons. The van der Waals surface area contributed by atoms with Gasteiger partial charge in [0.2, 0.25) is 0 Å². The molecule has 0 amide bonds. The van der Waals surface area contributed by atoms with Crippen LogP contribution in [0.15, 0.2) is 18.2 Å². The summed E-state index contributed by atoms with van der Waals surface area (Å²) < 4.78 is 10.0. The van der Waals surface area contributed by atoms with Crippen LogP contribution < -0.4 is 9.05 Å². The van der Waals surface area contributed by atoms with E-state index in [9.17, 15) is 0 Å². The predicted octanol–water partition coefficient (Wildman–Crippen LogP) is 1.99. The molecule has 1 atom stereocenters. The molecular formula is C7H7O3P. The fourth-order valence-electron chi connectivity index (χ4n) is 0.995. The summed E-state index contributed by atoms with van der Waals surface area (Å²) in [6.45, 7) is 1.91. The van der Waals surface area contributed by atoms with Gasteiger partial charge in [0.25, 0.3) is 0 Å². The molecule has 1 aromatic carbocycles. The third-order valence-corrected chi connectivity index (χ3v) is 2.21. The van der Waals surface area contributed by atoms with Gasteiger partial charge in [-0.1, -0.05) is 12.1 Å². The smallest absolute Gasteiger partial charge is 0.414 e. The molecule has 0 radical (unpaired) electrons. The highest BCUT2D eigenvalue weighted by Crippen LogP contribution is 2.50. The SMILES string of the molecule is Cc1cccc2c1OP(O)O2. The second-order valence-corrected chi connectivity index (χ2v) is 3.16. The van der Waals surface area contributed by atoms with Gasteiger partial charge in [0.15, 0.2) is 11.5 Å². The summed E-state index contributed by atoms with van der Waals surface area (Å²) in [5, 5.41) is 0. The summed E-state index contributed by atoms with van der Waals surface area (Å²) in [6, 6.07) is 5.56. The van der Waals surface area contributed by atoms with Crippen molar-refractivity contribution in [3.8, 4) is 11.5 Å². The molecule has 0 saturated heterocycles. The Morgan fingerprint density at radius 2 is 2.18 bits per heavy atom. The van der Waals surface area contributed by atoms with Gasteiger partial charge in [0, 0.05) is 0 Å². The molecule has 0 aromatic heterocycles. The van der Waals surface area contributed by atoms with E-state index in [4.69, 9.17) is 13.9 Å². The fourth-order valence-corrected chi connectivity index (χ4v) is 1.73. The second-order valence-electron chi connectivity index (χ2n) is 2.32. The average molecular weight is 170 g/mol. The van der Waals surface area contributed by atoms with Crippen LogP contribution in [0.1, 0.15) is 5.56 Å². The molecule has 1 unspecified atom stereocenters. The lowest BCUT2D eigenvalue weighted by atomic mass is 10.2. The Balaban J connectivity index is 2.49. The van der Waals surface area contributed by atoms with Crippen molar-refractivity contribution in [3.63, 3.8) is 0 Å². The standard InChI is InChI=1S/C7H7O3P/c1-5-3-2-4-6-7(5)10-11(8)9-6/h2-4,8H,1H3. The molecule has 3 nitrogen and oxygen atoms in total. The van der Waals surface area contributed by atoms with E-state index >= 15 is 0 Å². The van der Waals surface area contributed by atoms with Crippen LogP contribution in [-0.2, 0) is 0 Å². The van der Waals surface area contributed by atoms with Crippen molar-refractivity contribution in [2.45, 2.75) is 6.92 Å². The lowest BCUT2D eigenvalue weighted by Crippen LogP contribution is -1.80. The van der Waals surface area contributed by atoms with Crippen molar-refractivity contribution < 1.29 is 13.9 Å². The summed E-state index contributed by atoms with van der Waals surface area (Å²) in [6.07, 6.45) is 0. The van der Waals surface area contributed by atoms with Crippen LogP contribution in [0, 0.1) is 6.92 Å². The van der Waals surface area contributed by atoms with E-state index < -0.39 is 8.60 Å². The van der Waals surface area contributed by atoms with Crippen molar-refractivity contribution in [3.05, 3.63) is 23.8 Å². The Morgan fingerprint density at radius 1 is 1.36 bits per heavy atom. The van der Waals surface area contributed by atoms with Gasteiger partial charge < -0.3 is 13.9 Å². The van der Waals surface area contributed by atoms with Crippen molar-refractivity contribution >= 4 is 8.60 Å². The van der Waals surface area contributed by atoms with Gasteiger partial charge in [-0.2, -0.15) is 0 Å². The molecule has 1 N–H and O–H groups in total. The number of hydrogen-bond donors (Lipinski definition) is 1. The zero-order valence-corrected chi connectivity index (χ0v) is 6.84. The third kappa shape index (κ3) is 1.06. The molecule has 0 bridgehead atoms. The fraction of sp³-hybridized carbons (Fsp3) is 0.143. The van der Waals surface area contributed by atoms with E-state index in [1.807, 2.05) is 19.1 Å². The summed E-state index contributed by atoms with van der Waals surface area (Å²) >= 11 is 0. The van der Waals surface area contributed by atoms with E-state index in [0.717, 1.165) is 5.56 Å². The highest BCUT2D eigenvalue weighted by molar-refractivity contribution is 7.41. The Labute approximate surface area is 65.6 Å². The third-order valence-electron chi connectivity index (χ3n) is 1.52. The lowest BCUT2D eigenvalue weighted by Gasteiger charge is -1.97. The molecule has 1 aliphatic rings. The summed E-state index contributed by atoms with van der Waals surface area (Å²) in [5.41, 5.74) is 0.988. The Bertz CT molecular complexity index is 287. The first-order valence-electron chi connectivity index (χ1n) is 3.22. The Hall–Kier alpha value is -0.790. The lowest BCUT2D eigenvalue weighted by molar-refractivity contribution is 0.429. The number of fused-ring (bicyclic) bond motifs is 1. The van der Waals surface area contributed by atoms with Gasteiger partial charge in [0.1, 0.15) is 0 Å². The van der Waals surface area contributed by atoms with Gasteiger partial charge in [-0.3, -0.25) is 0 Å². The normalized spacial score (nSPS) is 20.4. The van der Waals surface area contributed by atoms with Crippen LogP contribution in [-0.4, -0.2) is 4.89 Å². The van der Waals surface area contributed by atoms with Crippen molar-refractivity contribution in [1.29, 1.82) is 0 Å². The van der Waals surface area contributed by atoms with Crippen LogP contribution in [0.2, 0.25) is 0 Å². The van der Waals surface area contributed by atoms with E-state index in [-0.39, 0.29) is 0 Å².